The molecule has 174 valence electrons. The van der Waals surface area contributed by atoms with E-state index >= 15 is 0 Å². The molecular formula is C27H25ClN2O4. The minimum absolute atomic E-state index is 0.0255. The van der Waals surface area contributed by atoms with Crippen LogP contribution in [-0.4, -0.2) is 33.8 Å². The number of nitrogens with zero attached hydrogens (tertiary/aromatic N) is 2. The molecule has 1 aliphatic heterocycles. The molecule has 0 aliphatic carbocycles. The molecule has 2 heterocycles. The van der Waals surface area contributed by atoms with Crippen molar-refractivity contribution in [3.63, 3.8) is 0 Å². The molecule has 3 aromatic rings. The number of ether oxygens (including phenoxy) is 1. The number of amides is 1. The number of carbonyl (C=O) groups is 2. The molecule has 1 atom stereocenters. The molecule has 6 nitrogen and oxygen atoms in total. The Labute approximate surface area is 203 Å². The van der Waals surface area contributed by atoms with Crippen molar-refractivity contribution >= 4 is 29.1 Å². The SMILES string of the molecule is COc1ccc(/C(O)=C2/C(=O)C(=O)N(Cc3ccncc3)C2c2ccc(C(C)C)cc2)cc1Cl. The van der Waals surface area contributed by atoms with Gasteiger partial charge < -0.3 is 14.7 Å². The van der Waals surface area contributed by atoms with E-state index in [1.807, 2.05) is 24.3 Å². The van der Waals surface area contributed by atoms with Gasteiger partial charge in [0.2, 0.25) is 0 Å². The number of carbonyl (C=O) groups excluding carboxylic acids is 2. The van der Waals surface area contributed by atoms with Crippen molar-refractivity contribution in [2.24, 2.45) is 0 Å². The number of aromatic nitrogens is 1. The van der Waals surface area contributed by atoms with Crippen LogP contribution in [0.1, 0.15) is 48.1 Å². The number of halogens is 1. The summed E-state index contributed by atoms with van der Waals surface area (Å²) < 4.78 is 5.18. The fraction of sp³-hybridized carbons (Fsp3) is 0.222. The number of aliphatic hydroxyl groups is 1. The quantitative estimate of drug-likeness (QED) is 0.289. The van der Waals surface area contributed by atoms with Crippen LogP contribution in [0.4, 0.5) is 0 Å². The van der Waals surface area contributed by atoms with Crippen molar-refractivity contribution in [2.45, 2.75) is 32.4 Å². The third-order valence-electron chi connectivity index (χ3n) is 5.99. The Bertz CT molecular complexity index is 1250. The van der Waals surface area contributed by atoms with E-state index in [1.54, 1.807) is 36.7 Å². The standard InChI is InChI=1S/C27H25ClN2O4/c1-16(2)18-4-6-19(7-5-18)24-23(25(31)20-8-9-22(34-3)21(28)14-20)26(32)27(33)30(24)15-17-10-12-29-13-11-17/h4-14,16,24,31H,15H2,1-3H3/b25-23-. The molecule has 2 aromatic carbocycles. The van der Waals surface area contributed by atoms with Gasteiger partial charge in [-0.25, -0.2) is 0 Å². The summed E-state index contributed by atoms with van der Waals surface area (Å²) in [4.78, 5) is 31.9. The molecule has 0 radical (unpaired) electrons. The molecule has 1 saturated heterocycles. The molecule has 1 N–H and O–H groups in total. The van der Waals surface area contributed by atoms with E-state index in [-0.39, 0.29) is 22.9 Å². The average molecular weight is 477 g/mol. The summed E-state index contributed by atoms with van der Waals surface area (Å²) in [6, 6.07) is 15.3. The normalized spacial score (nSPS) is 17.4. The van der Waals surface area contributed by atoms with E-state index < -0.39 is 17.7 Å². The molecule has 7 heteroatoms. The van der Waals surface area contributed by atoms with Crippen molar-refractivity contribution in [3.8, 4) is 5.75 Å². The van der Waals surface area contributed by atoms with E-state index in [0.717, 1.165) is 16.7 Å². The zero-order valence-electron chi connectivity index (χ0n) is 19.2. The van der Waals surface area contributed by atoms with Gasteiger partial charge in [0.25, 0.3) is 11.7 Å². The average Bonchev–Trinajstić information content (AvgIpc) is 3.09. The van der Waals surface area contributed by atoms with Gasteiger partial charge in [-0.1, -0.05) is 49.7 Å². The Kier molecular flexibility index (Phi) is 6.70. The fourth-order valence-electron chi connectivity index (χ4n) is 4.11. The number of ketones is 1. The Hall–Kier alpha value is -3.64. The molecule has 4 rings (SSSR count). The summed E-state index contributed by atoms with van der Waals surface area (Å²) in [5.74, 6) is -0.916. The van der Waals surface area contributed by atoms with Gasteiger partial charge in [-0.05, 0) is 52.9 Å². The first-order valence-corrected chi connectivity index (χ1v) is 11.3. The largest absolute Gasteiger partial charge is 0.507 e. The van der Waals surface area contributed by atoms with Crippen LogP contribution >= 0.6 is 11.6 Å². The van der Waals surface area contributed by atoms with Crippen molar-refractivity contribution in [1.29, 1.82) is 0 Å². The van der Waals surface area contributed by atoms with Gasteiger partial charge in [-0.3, -0.25) is 14.6 Å². The lowest BCUT2D eigenvalue weighted by Gasteiger charge is -2.26. The fourth-order valence-corrected chi connectivity index (χ4v) is 4.36. The molecule has 1 aromatic heterocycles. The lowest BCUT2D eigenvalue weighted by Crippen LogP contribution is -2.29. The Balaban J connectivity index is 1.85. The highest BCUT2D eigenvalue weighted by molar-refractivity contribution is 6.46. The minimum Gasteiger partial charge on any atom is -0.507 e. The maximum atomic E-state index is 13.2. The second-order valence-electron chi connectivity index (χ2n) is 8.45. The van der Waals surface area contributed by atoms with E-state index in [9.17, 15) is 14.7 Å². The van der Waals surface area contributed by atoms with Gasteiger partial charge in [-0.2, -0.15) is 0 Å². The number of hydrogen-bond donors (Lipinski definition) is 1. The highest BCUT2D eigenvalue weighted by Crippen LogP contribution is 2.41. The van der Waals surface area contributed by atoms with Crippen molar-refractivity contribution in [1.82, 2.24) is 9.88 Å². The Morgan fingerprint density at radius 1 is 1.09 bits per heavy atom. The molecule has 1 amide bonds. The summed E-state index contributed by atoms with van der Waals surface area (Å²) >= 11 is 6.25. The summed E-state index contributed by atoms with van der Waals surface area (Å²) in [6.07, 6.45) is 3.27. The van der Waals surface area contributed by atoms with Crippen LogP contribution in [-0.2, 0) is 16.1 Å². The topological polar surface area (TPSA) is 79.7 Å². The molecule has 1 unspecified atom stereocenters. The van der Waals surface area contributed by atoms with Crippen LogP contribution in [0.25, 0.3) is 5.76 Å². The highest BCUT2D eigenvalue weighted by Gasteiger charge is 2.46. The van der Waals surface area contributed by atoms with Crippen LogP contribution < -0.4 is 4.74 Å². The first-order valence-electron chi connectivity index (χ1n) is 10.9. The molecule has 0 bridgehead atoms. The second-order valence-corrected chi connectivity index (χ2v) is 8.86. The van der Waals surface area contributed by atoms with E-state index in [0.29, 0.717) is 17.2 Å². The number of hydrogen-bond acceptors (Lipinski definition) is 5. The predicted octanol–water partition coefficient (Wildman–Crippen LogP) is 5.49. The summed E-state index contributed by atoms with van der Waals surface area (Å²) in [7, 11) is 1.49. The molecule has 1 aliphatic rings. The maximum absolute atomic E-state index is 13.2. The monoisotopic (exact) mass is 476 g/mol. The molecular weight excluding hydrogens is 452 g/mol. The number of likely N-dealkylation sites (tertiary alicyclic amines) is 1. The van der Waals surface area contributed by atoms with Crippen LogP contribution in [0.15, 0.2) is 72.6 Å². The van der Waals surface area contributed by atoms with Gasteiger partial charge in [0.1, 0.15) is 11.5 Å². The lowest BCUT2D eigenvalue weighted by atomic mass is 9.93. The number of rotatable bonds is 6. The summed E-state index contributed by atoms with van der Waals surface area (Å²) in [5.41, 5.74) is 3.05. The van der Waals surface area contributed by atoms with Crippen molar-refractivity contribution in [2.75, 3.05) is 7.11 Å². The smallest absolute Gasteiger partial charge is 0.295 e. The molecule has 34 heavy (non-hydrogen) atoms. The van der Waals surface area contributed by atoms with Gasteiger partial charge >= 0.3 is 0 Å². The molecule has 0 spiro atoms. The number of methoxy groups -OCH3 is 1. The summed E-state index contributed by atoms with van der Waals surface area (Å²) in [5, 5.41) is 11.5. The van der Waals surface area contributed by atoms with E-state index in [2.05, 4.69) is 18.8 Å². The first-order chi connectivity index (χ1) is 16.3. The van der Waals surface area contributed by atoms with Gasteiger partial charge in [0.05, 0.1) is 23.7 Å². The number of pyridine rings is 1. The van der Waals surface area contributed by atoms with Crippen LogP contribution in [0.5, 0.6) is 5.75 Å². The van der Waals surface area contributed by atoms with Crippen LogP contribution in [0.2, 0.25) is 5.02 Å². The van der Waals surface area contributed by atoms with Gasteiger partial charge in [0, 0.05) is 24.5 Å². The second kappa shape index (κ2) is 9.69. The van der Waals surface area contributed by atoms with E-state index in [1.165, 1.54) is 18.1 Å². The van der Waals surface area contributed by atoms with Gasteiger partial charge in [0.15, 0.2) is 0 Å². The maximum Gasteiger partial charge on any atom is 0.295 e. The Morgan fingerprint density at radius 2 is 1.76 bits per heavy atom. The number of Topliss-reactive ketones (excluding diaryl/α,β-unsaturated/α-hetero) is 1. The molecule has 1 fully saturated rings. The number of aliphatic hydroxyl groups excluding tert-OH is 1. The lowest BCUT2D eigenvalue weighted by molar-refractivity contribution is -0.140. The third kappa shape index (κ3) is 4.41. The molecule has 0 saturated carbocycles. The summed E-state index contributed by atoms with van der Waals surface area (Å²) in [6.45, 7) is 4.39. The zero-order chi connectivity index (χ0) is 24.4. The number of benzene rings is 2. The van der Waals surface area contributed by atoms with Crippen LogP contribution in [0, 0.1) is 0 Å². The Morgan fingerprint density at radius 3 is 2.35 bits per heavy atom. The van der Waals surface area contributed by atoms with Crippen molar-refractivity contribution < 1.29 is 19.4 Å². The zero-order valence-corrected chi connectivity index (χ0v) is 19.9. The third-order valence-corrected chi connectivity index (χ3v) is 6.28. The minimum atomic E-state index is -0.754. The predicted molar refractivity (Wildman–Crippen MR) is 131 cm³/mol. The first kappa shape index (κ1) is 23.5. The van der Waals surface area contributed by atoms with Crippen molar-refractivity contribution in [3.05, 3.63) is 99.8 Å². The van der Waals surface area contributed by atoms with Crippen LogP contribution in [0.3, 0.4) is 0 Å². The van der Waals surface area contributed by atoms with E-state index in [4.69, 9.17) is 16.3 Å². The highest BCUT2D eigenvalue weighted by atomic mass is 35.5. The van der Waals surface area contributed by atoms with Gasteiger partial charge in [-0.15, -0.1) is 0 Å².